The summed E-state index contributed by atoms with van der Waals surface area (Å²) < 4.78 is 4.55. The number of rotatable bonds is 2. The summed E-state index contributed by atoms with van der Waals surface area (Å²) >= 11 is 0. The van der Waals surface area contributed by atoms with Gasteiger partial charge < -0.3 is 20.3 Å². The van der Waals surface area contributed by atoms with E-state index in [9.17, 15) is 4.79 Å². The van der Waals surface area contributed by atoms with Gasteiger partial charge in [-0.05, 0) is 20.8 Å². The fourth-order valence-electron chi connectivity index (χ4n) is 2.61. The number of fused-ring (bicyclic) bond motifs is 1. The molecule has 7 nitrogen and oxygen atoms in total. The second-order valence-corrected chi connectivity index (χ2v) is 6.81. The molecule has 1 aromatic heterocycles. The predicted molar refractivity (Wildman–Crippen MR) is 90.9 cm³/mol. The number of aromatic nitrogens is 2. The third-order valence-corrected chi connectivity index (χ3v) is 3.75. The maximum absolute atomic E-state index is 9.60. The summed E-state index contributed by atoms with van der Waals surface area (Å²) in [7, 11) is 0. The maximum atomic E-state index is 9.60. The van der Waals surface area contributed by atoms with Crippen LogP contribution in [0.1, 0.15) is 39.2 Å². The first-order chi connectivity index (χ1) is 10.9. The number of hydrogen-bond donors (Lipinski definition) is 2. The van der Waals surface area contributed by atoms with Gasteiger partial charge in [0, 0.05) is 44.2 Å². The minimum atomic E-state index is -0.318. The molecule has 128 valence electrons. The Morgan fingerprint density at radius 3 is 2.57 bits per heavy atom. The Hall–Kier alpha value is -1.89. The smallest absolute Gasteiger partial charge is 0.293 e. The monoisotopic (exact) mass is 321 g/mol. The lowest BCUT2D eigenvalue weighted by molar-refractivity contribution is -0.138. The molecule has 0 saturated carbocycles. The van der Waals surface area contributed by atoms with Crippen molar-refractivity contribution in [3.8, 4) is 0 Å². The van der Waals surface area contributed by atoms with Crippen LogP contribution in [0.5, 0.6) is 0 Å². The molecule has 2 aliphatic heterocycles. The van der Waals surface area contributed by atoms with Crippen molar-refractivity contribution in [1.82, 2.24) is 15.3 Å². The van der Waals surface area contributed by atoms with E-state index < -0.39 is 0 Å². The third kappa shape index (κ3) is 4.79. The molecule has 1 unspecified atom stereocenters. The molecule has 0 aromatic carbocycles. The Kier molecular flexibility index (Phi) is 5.76. The number of hydrogen-bond acceptors (Lipinski definition) is 7. The van der Waals surface area contributed by atoms with Crippen molar-refractivity contribution in [3.05, 3.63) is 11.9 Å². The minimum Gasteiger partial charge on any atom is -0.462 e. The van der Waals surface area contributed by atoms with Crippen LogP contribution in [0, 0.1) is 0 Å². The van der Waals surface area contributed by atoms with Crippen LogP contribution in [-0.4, -0.2) is 54.8 Å². The zero-order valence-corrected chi connectivity index (χ0v) is 14.4. The van der Waals surface area contributed by atoms with Crippen LogP contribution in [0.15, 0.2) is 6.33 Å². The first kappa shape index (κ1) is 17.5. The van der Waals surface area contributed by atoms with Gasteiger partial charge >= 0.3 is 0 Å². The van der Waals surface area contributed by atoms with E-state index in [-0.39, 0.29) is 5.60 Å². The molecule has 7 heteroatoms. The quantitative estimate of drug-likeness (QED) is 0.796. The van der Waals surface area contributed by atoms with Crippen molar-refractivity contribution in [2.24, 2.45) is 0 Å². The average Bonchev–Trinajstić information content (AvgIpc) is 2.89. The molecule has 1 saturated heterocycles. The number of nitrogens with one attached hydrogen (secondary N) is 2. The fraction of sp³-hybridized carbons (Fsp3) is 0.688. The van der Waals surface area contributed by atoms with Crippen LogP contribution < -0.4 is 15.5 Å². The molecule has 0 spiro atoms. The molecule has 1 fully saturated rings. The van der Waals surface area contributed by atoms with Crippen molar-refractivity contribution < 1.29 is 9.53 Å². The summed E-state index contributed by atoms with van der Waals surface area (Å²) in [5.41, 5.74) is 0.978. The lowest BCUT2D eigenvalue weighted by Gasteiger charge is -2.30. The van der Waals surface area contributed by atoms with E-state index in [0.717, 1.165) is 44.4 Å². The van der Waals surface area contributed by atoms with E-state index in [2.05, 4.69) is 37.2 Å². The standard InChI is InChI=1S/C11H17N5.C5H10O2/c1-8-6-13-10-9(8)11(15-7-14-10)16-4-2-12-3-5-16;1-5(2,3)7-4-6/h7-8,12H,2-6H2,1H3,(H,13,14,15);4H,1-3H3. The van der Waals surface area contributed by atoms with Gasteiger partial charge in [0.05, 0.1) is 0 Å². The van der Waals surface area contributed by atoms with E-state index in [4.69, 9.17) is 0 Å². The van der Waals surface area contributed by atoms with Crippen molar-refractivity contribution >= 4 is 18.1 Å². The minimum absolute atomic E-state index is 0.318. The highest BCUT2D eigenvalue weighted by Gasteiger charge is 2.26. The van der Waals surface area contributed by atoms with Crippen LogP contribution in [-0.2, 0) is 9.53 Å². The zero-order chi connectivity index (χ0) is 16.9. The summed E-state index contributed by atoms with van der Waals surface area (Å²) in [5.74, 6) is 2.67. The van der Waals surface area contributed by atoms with Gasteiger partial charge in [-0.15, -0.1) is 0 Å². The predicted octanol–water partition coefficient (Wildman–Crippen LogP) is 1.37. The molecule has 2 aliphatic rings. The van der Waals surface area contributed by atoms with Crippen molar-refractivity contribution in [2.45, 2.75) is 39.2 Å². The Bertz CT molecular complexity index is 524. The van der Waals surface area contributed by atoms with Gasteiger partial charge in [0.15, 0.2) is 0 Å². The highest BCUT2D eigenvalue weighted by molar-refractivity contribution is 5.64. The molecule has 1 aromatic rings. The number of ether oxygens (including phenoxy) is 1. The van der Waals surface area contributed by atoms with E-state index in [0.29, 0.717) is 12.4 Å². The summed E-state index contributed by atoms with van der Waals surface area (Å²) in [6, 6.07) is 0. The number of nitrogens with zero attached hydrogens (tertiary/aromatic N) is 3. The van der Waals surface area contributed by atoms with Gasteiger partial charge in [-0.2, -0.15) is 0 Å². The van der Waals surface area contributed by atoms with Crippen LogP contribution in [0.4, 0.5) is 11.6 Å². The number of carbonyl (C=O) groups excluding carboxylic acids is 1. The maximum Gasteiger partial charge on any atom is 0.293 e. The molecule has 3 heterocycles. The summed E-state index contributed by atoms with van der Waals surface area (Å²) in [4.78, 5) is 20.7. The Labute approximate surface area is 137 Å². The first-order valence-corrected chi connectivity index (χ1v) is 8.08. The van der Waals surface area contributed by atoms with Gasteiger partial charge in [-0.25, -0.2) is 9.97 Å². The van der Waals surface area contributed by atoms with Gasteiger partial charge in [0.2, 0.25) is 0 Å². The first-order valence-electron chi connectivity index (χ1n) is 8.08. The zero-order valence-electron chi connectivity index (χ0n) is 14.4. The van der Waals surface area contributed by atoms with E-state index in [1.165, 1.54) is 5.56 Å². The van der Waals surface area contributed by atoms with E-state index >= 15 is 0 Å². The van der Waals surface area contributed by atoms with Gasteiger partial charge in [0.1, 0.15) is 23.6 Å². The van der Waals surface area contributed by atoms with E-state index in [1.54, 1.807) is 6.33 Å². The number of anilines is 2. The molecule has 3 rings (SSSR count). The largest absolute Gasteiger partial charge is 0.462 e. The molecule has 2 N–H and O–H groups in total. The second-order valence-electron chi connectivity index (χ2n) is 6.81. The van der Waals surface area contributed by atoms with Gasteiger partial charge in [0.25, 0.3) is 6.47 Å². The average molecular weight is 321 g/mol. The molecular formula is C16H27N5O2. The third-order valence-electron chi connectivity index (χ3n) is 3.75. The number of piperazine rings is 1. The molecule has 1 atom stereocenters. The van der Waals surface area contributed by atoms with Crippen molar-refractivity contribution in [3.63, 3.8) is 0 Å². The lowest BCUT2D eigenvalue weighted by Crippen LogP contribution is -2.44. The van der Waals surface area contributed by atoms with Crippen LogP contribution in [0.25, 0.3) is 0 Å². The fourth-order valence-corrected chi connectivity index (χ4v) is 2.61. The van der Waals surface area contributed by atoms with Crippen molar-refractivity contribution in [1.29, 1.82) is 0 Å². The summed E-state index contributed by atoms with van der Waals surface area (Å²) in [6.07, 6.45) is 1.67. The highest BCUT2D eigenvalue weighted by atomic mass is 16.5. The van der Waals surface area contributed by atoms with Crippen LogP contribution in [0.2, 0.25) is 0 Å². The highest BCUT2D eigenvalue weighted by Crippen LogP contribution is 2.35. The van der Waals surface area contributed by atoms with E-state index in [1.807, 2.05) is 20.8 Å². The molecule has 0 amide bonds. The Morgan fingerprint density at radius 1 is 1.30 bits per heavy atom. The summed E-state index contributed by atoms with van der Waals surface area (Å²) in [5, 5.41) is 6.70. The normalized spacial score (nSPS) is 20.0. The summed E-state index contributed by atoms with van der Waals surface area (Å²) in [6.45, 7) is 13.3. The Morgan fingerprint density at radius 2 is 2.00 bits per heavy atom. The molecule has 0 bridgehead atoms. The molecule has 0 radical (unpaired) electrons. The molecule has 0 aliphatic carbocycles. The Balaban J connectivity index is 0.000000236. The number of carbonyl (C=O) groups is 1. The molecule has 23 heavy (non-hydrogen) atoms. The molecular weight excluding hydrogens is 294 g/mol. The lowest BCUT2D eigenvalue weighted by atomic mass is 10.1. The topological polar surface area (TPSA) is 79.4 Å². The second kappa shape index (κ2) is 7.59. The van der Waals surface area contributed by atoms with Crippen molar-refractivity contribution in [2.75, 3.05) is 42.9 Å². The SMILES string of the molecule is CC(C)(C)OC=O.CC1CNc2ncnc(N3CCNCC3)c21. The van der Waals surface area contributed by atoms with Gasteiger partial charge in [-0.3, -0.25) is 4.79 Å². The van der Waals surface area contributed by atoms with Crippen LogP contribution >= 0.6 is 0 Å². The van der Waals surface area contributed by atoms with Gasteiger partial charge in [-0.1, -0.05) is 6.92 Å². The van der Waals surface area contributed by atoms with Crippen LogP contribution in [0.3, 0.4) is 0 Å².